The van der Waals surface area contributed by atoms with Gasteiger partial charge in [-0.05, 0) is 40.2 Å². The zero-order valence-electron chi connectivity index (χ0n) is 11.9. The summed E-state index contributed by atoms with van der Waals surface area (Å²) in [6.07, 6.45) is 3.26. The standard InChI is InChI=1S/C11H27NO3Si.N2/c1-4-13-16(14-5-2,15-6-3)11-9-7-8-10-12;1-2/h4-12H2,1-3H3;. The predicted octanol–water partition coefficient (Wildman–Crippen LogP) is 2.19. The van der Waals surface area contributed by atoms with Crippen LogP contribution in [-0.4, -0.2) is 35.2 Å². The van der Waals surface area contributed by atoms with Crippen molar-refractivity contribution >= 4 is 8.80 Å². The third kappa shape index (κ3) is 9.50. The molecule has 108 valence electrons. The zero-order chi connectivity index (χ0) is 14.3. The Morgan fingerprint density at radius 3 is 1.61 bits per heavy atom. The molecule has 0 saturated heterocycles. The molecule has 0 saturated carbocycles. The molecule has 0 aliphatic rings. The molecule has 0 amide bonds. The molecule has 6 nitrogen and oxygen atoms in total. The fourth-order valence-corrected chi connectivity index (χ4v) is 4.35. The average molecular weight is 277 g/mol. The number of nitrogens with two attached hydrogens (primary N) is 1. The third-order valence-electron chi connectivity index (χ3n) is 2.28. The van der Waals surface area contributed by atoms with Crippen LogP contribution in [0.5, 0.6) is 0 Å². The van der Waals surface area contributed by atoms with E-state index in [4.69, 9.17) is 29.8 Å². The Kier molecular flexibility index (Phi) is 16.0. The van der Waals surface area contributed by atoms with Crippen molar-refractivity contribution in [3.05, 3.63) is 0 Å². The van der Waals surface area contributed by atoms with Crippen LogP contribution in [0.2, 0.25) is 6.04 Å². The Bertz CT molecular complexity index is 177. The molecule has 0 bridgehead atoms. The van der Waals surface area contributed by atoms with Gasteiger partial charge in [-0.2, -0.15) is 0 Å². The van der Waals surface area contributed by atoms with Crippen molar-refractivity contribution in [1.29, 1.82) is 10.8 Å². The van der Waals surface area contributed by atoms with Crippen LogP contribution in [0.4, 0.5) is 0 Å². The first kappa shape index (κ1) is 19.8. The molecule has 0 radical (unpaired) electrons. The summed E-state index contributed by atoms with van der Waals surface area (Å²) < 4.78 is 17.3. The lowest BCUT2D eigenvalue weighted by atomic mass is 10.2. The van der Waals surface area contributed by atoms with E-state index in [0.717, 1.165) is 31.9 Å². The van der Waals surface area contributed by atoms with Gasteiger partial charge in [0.15, 0.2) is 0 Å². The molecule has 0 spiro atoms. The van der Waals surface area contributed by atoms with Crippen molar-refractivity contribution in [1.82, 2.24) is 0 Å². The molecule has 0 aliphatic carbocycles. The van der Waals surface area contributed by atoms with E-state index in [-0.39, 0.29) is 0 Å². The van der Waals surface area contributed by atoms with Crippen LogP contribution in [-0.2, 0) is 13.3 Å². The quantitative estimate of drug-likeness (QED) is 0.353. The Balaban J connectivity index is 0. The number of hydrogen-bond acceptors (Lipinski definition) is 6. The highest BCUT2D eigenvalue weighted by molar-refractivity contribution is 6.60. The summed E-state index contributed by atoms with van der Waals surface area (Å²) in [5.74, 6) is 0. The van der Waals surface area contributed by atoms with Gasteiger partial charge in [-0.1, -0.05) is 6.42 Å². The second kappa shape index (κ2) is 14.5. The molecule has 0 fully saturated rings. The summed E-state index contributed by atoms with van der Waals surface area (Å²) in [6.45, 7) is 8.68. The normalized spacial score (nSPS) is 10.8. The van der Waals surface area contributed by atoms with Gasteiger partial charge in [0.25, 0.3) is 0 Å². The van der Waals surface area contributed by atoms with Crippen LogP contribution in [0.15, 0.2) is 0 Å². The lowest BCUT2D eigenvalue weighted by molar-refractivity contribution is 0.0706. The minimum Gasteiger partial charge on any atom is -0.374 e. The summed E-state index contributed by atoms with van der Waals surface area (Å²) in [5.41, 5.74) is 5.47. The van der Waals surface area contributed by atoms with Gasteiger partial charge in [0, 0.05) is 36.7 Å². The molecule has 7 heteroatoms. The van der Waals surface area contributed by atoms with Gasteiger partial charge in [0.2, 0.25) is 0 Å². The summed E-state index contributed by atoms with van der Waals surface area (Å²) in [4.78, 5) is 0. The van der Waals surface area contributed by atoms with Crippen LogP contribution in [0, 0.1) is 10.8 Å². The van der Waals surface area contributed by atoms with Crippen molar-refractivity contribution in [3.63, 3.8) is 0 Å². The monoisotopic (exact) mass is 277 g/mol. The van der Waals surface area contributed by atoms with Crippen LogP contribution >= 0.6 is 0 Å². The first-order valence-corrected chi connectivity index (χ1v) is 8.49. The van der Waals surface area contributed by atoms with Crippen molar-refractivity contribution in [2.75, 3.05) is 26.4 Å². The molecule has 0 atom stereocenters. The van der Waals surface area contributed by atoms with Gasteiger partial charge in [-0.25, -0.2) is 0 Å². The van der Waals surface area contributed by atoms with Gasteiger partial charge in [-0.3, -0.25) is 0 Å². The van der Waals surface area contributed by atoms with E-state index in [2.05, 4.69) is 0 Å². The van der Waals surface area contributed by atoms with Gasteiger partial charge in [0.1, 0.15) is 0 Å². The molecular weight excluding hydrogens is 250 g/mol. The molecular formula is C11H27N3O3Si. The fourth-order valence-electron chi connectivity index (χ4n) is 1.66. The second-order valence-corrected chi connectivity index (χ2v) is 6.31. The summed E-state index contributed by atoms with van der Waals surface area (Å²) >= 11 is 0. The highest BCUT2D eigenvalue weighted by atomic mass is 28.4. The summed E-state index contributed by atoms with van der Waals surface area (Å²) in [5, 5.41) is 12.0. The molecule has 0 aromatic rings. The summed E-state index contributed by atoms with van der Waals surface area (Å²) in [7, 11) is -2.39. The first-order chi connectivity index (χ1) is 8.74. The van der Waals surface area contributed by atoms with E-state index in [1.807, 2.05) is 20.8 Å². The number of hydrogen-bond donors (Lipinski definition) is 1. The third-order valence-corrected chi connectivity index (χ3v) is 5.43. The molecule has 0 aromatic heterocycles. The average Bonchev–Trinajstić information content (AvgIpc) is 2.38. The van der Waals surface area contributed by atoms with E-state index in [9.17, 15) is 0 Å². The Hall–Kier alpha value is -0.523. The zero-order valence-corrected chi connectivity index (χ0v) is 12.9. The van der Waals surface area contributed by atoms with E-state index in [0.29, 0.717) is 19.8 Å². The van der Waals surface area contributed by atoms with Crippen molar-refractivity contribution in [2.24, 2.45) is 5.73 Å². The van der Waals surface area contributed by atoms with Gasteiger partial charge >= 0.3 is 8.80 Å². The fraction of sp³-hybridized carbons (Fsp3) is 1.00. The SMILES string of the molecule is CCO[Si](CCCCCN)(OCC)OCC.N#N. The molecule has 0 rings (SSSR count). The Labute approximate surface area is 112 Å². The topological polar surface area (TPSA) is 101 Å². The van der Waals surface area contributed by atoms with E-state index in [1.54, 1.807) is 0 Å². The van der Waals surface area contributed by atoms with Crippen molar-refractivity contribution in [3.8, 4) is 0 Å². The minimum absolute atomic E-state index is 0.656. The number of rotatable bonds is 11. The highest BCUT2D eigenvalue weighted by Gasteiger charge is 2.39. The lowest BCUT2D eigenvalue weighted by Gasteiger charge is -2.28. The molecule has 18 heavy (non-hydrogen) atoms. The van der Waals surface area contributed by atoms with E-state index in [1.165, 1.54) is 0 Å². The maximum absolute atomic E-state index is 6.00. The Morgan fingerprint density at radius 2 is 1.28 bits per heavy atom. The molecule has 0 aliphatic heterocycles. The molecule has 2 N–H and O–H groups in total. The molecule has 0 unspecified atom stereocenters. The van der Waals surface area contributed by atoms with E-state index < -0.39 is 8.80 Å². The molecule has 0 aromatic carbocycles. The van der Waals surface area contributed by atoms with Crippen LogP contribution in [0.25, 0.3) is 0 Å². The van der Waals surface area contributed by atoms with Crippen molar-refractivity contribution in [2.45, 2.75) is 46.1 Å². The highest BCUT2D eigenvalue weighted by Crippen LogP contribution is 2.19. The van der Waals surface area contributed by atoms with E-state index >= 15 is 0 Å². The summed E-state index contributed by atoms with van der Waals surface area (Å²) in [6, 6.07) is 0.905. The number of nitrogens with zero attached hydrogens (tertiary/aromatic N) is 2. The van der Waals surface area contributed by atoms with Gasteiger partial charge < -0.3 is 19.0 Å². The van der Waals surface area contributed by atoms with Crippen molar-refractivity contribution < 1.29 is 13.3 Å². The molecule has 0 heterocycles. The smallest absolute Gasteiger partial charge is 0.374 e. The Morgan fingerprint density at radius 1 is 0.833 bits per heavy atom. The maximum atomic E-state index is 6.00. The van der Waals surface area contributed by atoms with Gasteiger partial charge in [-0.15, -0.1) is 0 Å². The second-order valence-electron chi connectivity index (χ2n) is 3.58. The maximum Gasteiger partial charge on any atom is 0.500 e. The lowest BCUT2D eigenvalue weighted by Crippen LogP contribution is -2.45. The first-order valence-electron chi connectivity index (χ1n) is 6.56. The van der Waals surface area contributed by atoms with Crippen LogP contribution in [0.3, 0.4) is 0 Å². The van der Waals surface area contributed by atoms with Gasteiger partial charge in [0.05, 0.1) is 0 Å². The predicted molar refractivity (Wildman–Crippen MR) is 71.8 cm³/mol. The van der Waals surface area contributed by atoms with Crippen LogP contribution in [0.1, 0.15) is 40.0 Å². The largest absolute Gasteiger partial charge is 0.500 e. The minimum atomic E-state index is -2.39. The van der Waals surface area contributed by atoms with Crippen LogP contribution < -0.4 is 5.73 Å². The number of unbranched alkanes of at least 4 members (excludes halogenated alkanes) is 2.